The normalized spacial score (nSPS) is 10.8. The summed E-state index contributed by atoms with van der Waals surface area (Å²) in [4.78, 5) is 1.09. The minimum Gasteiger partial charge on any atom is -0.398 e. The van der Waals surface area contributed by atoms with Crippen LogP contribution in [0.25, 0.3) is 6.08 Å². The average Bonchev–Trinajstić information content (AvgIpc) is 2.33. The highest BCUT2D eigenvalue weighted by Gasteiger charge is 1.94. The molecule has 2 rings (SSSR count). The largest absolute Gasteiger partial charge is 0.398 e. The first-order chi connectivity index (χ1) is 7.86. The van der Waals surface area contributed by atoms with E-state index >= 15 is 0 Å². The van der Waals surface area contributed by atoms with E-state index in [2.05, 4.69) is 23.6 Å². The molecule has 0 aliphatic heterocycles. The summed E-state index contributed by atoms with van der Waals surface area (Å²) >= 11 is 1.64. The molecular weight excluding hydrogens is 214 g/mol. The highest BCUT2D eigenvalue weighted by Crippen LogP contribution is 2.25. The molecule has 0 saturated carbocycles. The number of benzene rings is 2. The van der Waals surface area contributed by atoms with E-state index in [1.165, 1.54) is 5.56 Å². The molecule has 2 aromatic carbocycles. The van der Waals surface area contributed by atoms with Gasteiger partial charge in [-0.05, 0) is 29.2 Å². The second-order valence-electron chi connectivity index (χ2n) is 3.37. The van der Waals surface area contributed by atoms with E-state index in [1.807, 2.05) is 42.5 Å². The van der Waals surface area contributed by atoms with Gasteiger partial charge in [-0.15, -0.1) is 0 Å². The third-order valence-corrected chi connectivity index (χ3v) is 3.07. The molecule has 0 radical (unpaired) electrons. The molecule has 0 spiro atoms. The number of nitrogen functional groups attached to an aromatic ring is 1. The van der Waals surface area contributed by atoms with Gasteiger partial charge in [0.05, 0.1) is 0 Å². The van der Waals surface area contributed by atoms with Crippen LogP contribution in [-0.2, 0) is 0 Å². The highest BCUT2D eigenvalue weighted by molar-refractivity contribution is 8.02. The highest BCUT2D eigenvalue weighted by atomic mass is 32.2. The fourth-order valence-corrected chi connectivity index (χ4v) is 2.07. The molecule has 0 atom stereocenters. The molecule has 2 heteroatoms. The van der Waals surface area contributed by atoms with Gasteiger partial charge in [-0.2, -0.15) is 0 Å². The van der Waals surface area contributed by atoms with Gasteiger partial charge in [0.25, 0.3) is 0 Å². The predicted molar refractivity (Wildman–Crippen MR) is 72.2 cm³/mol. The Morgan fingerprint density at radius 3 is 2.31 bits per heavy atom. The molecule has 0 aliphatic rings. The van der Waals surface area contributed by atoms with Gasteiger partial charge >= 0.3 is 0 Å². The van der Waals surface area contributed by atoms with E-state index in [9.17, 15) is 0 Å². The molecule has 0 fully saturated rings. The minimum absolute atomic E-state index is 0.824. The first kappa shape index (κ1) is 10.8. The van der Waals surface area contributed by atoms with Crippen molar-refractivity contribution in [2.45, 2.75) is 4.90 Å². The fraction of sp³-hybridized carbons (Fsp3) is 0. The van der Waals surface area contributed by atoms with Gasteiger partial charge < -0.3 is 5.73 Å². The van der Waals surface area contributed by atoms with E-state index in [4.69, 9.17) is 5.73 Å². The summed E-state index contributed by atoms with van der Waals surface area (Å²) in [6.45, 7) is 0. The smallest absolute Gasteiger partial charge is 0.0455 e. The quantitative estimate of drug-likeness (QED) is 0.632. The van der Waals surface area contributed by atoms with Crippen LogP contribution < -0.4 is 5.73 Å². The third kappa shape index (κ3) is 2.91. The standard InChI is InChI=1S/C14H13NS/c15-13-8-4-5-9-14(13)16-11-10-12-6-2-1-3-7-12/h1-11H,15H2. The number of nitrogens with two attached hydrogens (primary N) is 1. The van der Waals surface area contributed by atoms with Crippen molar-refractivity contribution < 1.29 is 0 Å². The van der Waals surface area contributed by atoms with Gasteiger partial charge in [-0.3, -0.25) is 0 Å². The lowest BCUT2D eigenvalue weighted by molar-refractivity contribution is 1.47. The molecule has 0 amide bonds. The van der Waals surface area contributed by atoms with Crippen molar-refractivity contribution in [3.63, 3.8) is 0 Å². The Balaban J connectivity index is 2.03. The zero-order valence-electron chi connectivity index (χ0n) is 8.84. The first-order valence-electron chi connectivity index (χ1n) is 5.09. The van der Waals surface area contributed by atoms with Crippen LogP contribution in [0.2, 0.25) is 0 Å². The van der Waals surface area contributed by atoms with E-state index in [-0.39, 0.29) is 0 Å². The Hall–Kier alpha value is -1.67. The Bertz CT molecular complexity index is 477. The molecule has 0 saturated heterocycles. The van der Waals surface area contributed by atoms with Crippen molar-refractivity contribution in [2.75, 3.05) is 5.73 Å². The van der Waals surface area contributed by atoms with Crippen molar-refractivity contribution in [2.24, 2.45) is 0 Å². The summed E-state index contributed by atoms with van der Waals surface area (Å²) < 4.78 is 0. The molecule has 0 unspecified atom stereocenters. The Morgan fingerprint density at radius 1 is 0.875 bits per heavy atom. The van der Waals surface area contributed by atoms with Gasteiger partial charge in [-0.25, -0.2) is 0 Å². The molecule has 0 heterocycles. The van der Waals surface area contributed by atoms with Crippen LogP contribution in [-0.4, -0.2) is 0 Å². The lowest BCUT2D eigenvalue weighted by Crippen LogP contribution is -1.85. The van der Waals surface area contributed by atoms with E-state index in [1.54, 1.807) is 11.8 Å². The fourth-order valence-electron chi connectivity index (χ4n) is 1.34. The van der Waals surface area contributed by atoms with Crippen molar-refractivity contribution in [1.82, 2.24) is 0 Å². The van der Waals surface area contributed by atoms with Crippen LogP contribution in [0.5, 0.6) is 0 Å². The van der Waals surface area contributed by atoms with Crippen molar-refractivity contribution in [3.05, 3.63) is 65.6 Å². The molecular formula is C14H13NS. The summed E-state index contributed by atoms with van der Waals surface area (Å²) in [6, 6.07) is 18.1. The van der Waals surface area contributed by atoms with Crippen LogP contribution in [0.4, 0.5) is 5.69 Å². The zero-order chi connectivity index (χ0) is 11.2. The monoisotopic (exact) mass is 227 g/mol. The zero-order valence-corrected chi connectivity index (χ0v) is 9.65. The predicted octanol–water partition coefficient (Wildman–Crippen LogP) is 4.03. The molecule has 16 heavy (non-hydrogen) atoms. The number of para-hydroxylation sites is 1. The summed E-state index contributed by atoms with van der Waals surface area (Å²) in [5, 5.41) is 2.06. The third-order valence-electron chi connectivity index (χ3n) is 2.17. The lowest BCUT2D eigenvalue weighted by atomic mass is 10.2. The summed E-state index contributed by atoms with van der Waals surface area (Å²) in [5.74, 6) is 0. The van der Waals surface area contributed by atoms with E-state index in [0.29, 0.717) is 0 Å². The van der Waals surface area contributed by atoms with Crippen LogP contribution >= 0.6 is 11.8 Å². The Kier molecular flexibility index (Phi) is 3.67. The molecule has 2 N–H and O–H groups in total. The molecule has 1 nitrogen and oxygen atoms in total. The van der Waals surface area contributed by atoms with Gasteiger partial charge in [0.1, 0.15) is 0 Å². The maximum atomic E-state index is 5.85. The second kappa shape index (κ2) is 5.42. The first-order valence-corrected chi connectivity index (χ1v) is 5.97. The van der Waals surface area contributed by atoms with E-state index in [0.717, 1.165) is 10.6 Å². The van der Waals surface area contributed by atoms with Crippen molar-refractivity contribution >= 4 is 23.5 Å². The van der Waals surface area contributed by atoms with E-state index < -0.39 is 0 Å². The molecule has 2 aromatic rings. The lowest BCUT2D eigenvalue weighted by Gasteiger charge is -2.00. The number of thioether (sulfide) groups is 1. The maximum absolute atomic E-state index is 5.85. The van der Waals surface area contributed by atoms with Gasteiger partial charge in [-0.1, -0.05) is 54.2 Å². The Morgan fingerprint density at radius 2 is 1.56 bits per heavy atom. The maximum Gasteiger partial charge on any atom is 0.0455 e. The number of hydrogen-bond acceptors (Lipinski definition) is 2. The van der Waals surface area contributed by atoms with Gasteiger partial charge in [0.2, 0.25) is 0 Å². The van der Waals surface area contributed by atoms with Gasteiger partial charge in [0, 0.05) is 10.6 Å². The molecule has 80 valence electrons. The number of rotatable bonds is 3. The summed E-state index contributed by atoms with van der Waals surface area (Å²) in [5.41, 5.74) is 7.87. The van der Waals surface area contributed by atoms with Gasteiger partial charge in [0.15, 0.2) is 0 Å². The average molecular weight is 227 g/mol. The topological polar surface area (TPSA) is 26.0 Å². The van der Waals surface area contributed by atoms with Crippen LogP contribution in [0.1, 0.15) is 5.56 Å². The van der Waals surface area contributed by atoms with Crippen molar-refractivity contribution in [1.29, 1.82) is 0 Å². The van der Waals surface area contributed by atoms with Crippen LogP contribution in [0.3, 0.4) is 0 Å². The number of anilines is 1. The summed E-state index contributed by atoms with van der Waals surface area (Å²) in [6.07, 6.45) is 2.08. The van der Waals surface area contributed by atoms with Crippen LogP contribution in [0, 0.1) is 0 Å². The van der Waals surface area contributed by atoms with Crippen molar-refractivity contribution in [3.8, 4) is 0 Å². The molecule has 0 bridgehead atoms. The molecule has 0 aliphatic carbocycles. The SMILES string of the molecule is Nc1ccccc1SC=Cc1ccccc1. The summed E-state index contributed by atoms with van der Waals surface area (Å²) in [7, 11) is 0. The second-order valence-corrected chi connectivity index (χ2v) is 4.32. The van der Waals surface area contributed by atoms with Crippen LogP contribution in [0.15, 0.2) is 64.9 Å². The molecule has 0 aromatic heterocycles. The minimum atomic E-state index is 0.824. The number of hydrogen-bond donors (Lipinski definition) is 1. The Labute approximate surface area is 100.0 Å².